The van der Waals surface area contributed by atoms with Crippen LogP contribution in [0.5, 0.6) is 0 Å². The summed E-state index contributed by atoms with van der Waals surface area (Å²) in [4.78, 5) is 14.3. The molecule has 34 heavy (non-hydrogen) atoms. The van der Waals surface area contributed by atoms with Gasteiger partial charge in [-0.3, -0.25) is 9.58 Å². The minimum atomic E-state index is -0.368. The Kier molecular flexibility index (Phi) is 6.38. The van der Waals surface area contributed by atoms with E-state index in [4.69, 9.17) is 26.5 Å². The number of carbonyl (C=O) groups is 1. The largest absolute Gasteiger partial charge is 0.465 e. The lowest BCUT2D eigenvalue weighted by atomic mass is 9.74. The Morgan fingerprint density at radius 2 is 2.18 bits per heavy atom. The SMILES string of the molecule is COC(=O)c1cccc(NC(=S)NC[C@H]2C[C@@H]3CCN2C[C@@H]3c2cc(-c3ccco3)nn2C)c1. The molecule has 2 aromatic heterocycles. The van der Waals surface area contributed by atoms with E-state index >= 15 is 0 Å². The zero-order valence-corrected chi connectivity index (χ0v) is 20.2. The highest BCUT2D eigenvalue weighted by molar-refractivity contribution is 7.80. The fourth-order valence-corrected chi connectivity index (χ4v) is 5.49. The van der Waals surface area contributed by atoms with E-state index < -0.39 is 0 Å². The summed E-state index contributed by atoms with van der Waals surface area (Å²) in [6, 6.07) is 13.6. The van der Waals surface area contributed by atoms with Crippen LogP contribution >= 0.6 is 12.2 Å². The number of aryl methyl sites for hydroxylation is 1. The lowest BCUT2D eigenvalue weighted by Crippen LogP contribution is -2.56. The van der Waals surface area contributed by atoms with Crippen LogP contribution in [0.1, 0.15) is 34.8 Å². The summed E-state index contributed by atoms with van der Waals surface area (Å²) in [5, 5.41) is 11.8. The third-order valence-electron chi connectivity index (χ3n) is 6.99. The number of aromatic nitrogens is 2. The van der Waals surface area contributed by atoms with Gasteiger partial charge in [0.2, 0.25) is 0 Å². The van der Waals surface area contributed by atoms with Gasteiger partial charge in [-0.1, -0.05) is 6.07 Å². The molecule has 0 saturated carbocycles. The number of furan rings is 1. The van der Waals surface area contributed by atoms with E-state index in [1.54, 1.807) is 24.5 Å². The van der Waals surface area contributed by atoms with Gasteiger partial charge < -0.3 is 19.8 Å². The summed E-state index contributed by atoms with van der Waals surface area (Å²) >= 11 is 5.51. The molecule has 5 heterocycles. The molecule has 3 aromatic rings. The maximum absolute atomic E-state index is 11.8. The van der Waals surface area contributed by atoms with Crippen LogP contribution in [-0.4, -0.2) is 58.5 Å². The Bertz CT molecular complexity index is 1180. The van der Waals surface area contributed by atoms with Crippen molar-refractivity contribution in [1.82, 2.24) is 20.0 Å². The van der Waals surface area contributed by atoms with Gasteiger partial charge in [-0.05, 0) is 73.9 Å². The summed E-state index contributed by atoms with van der Waals surface area (Å²) in [5.41, 5.74) is 3.41. The molecular weight excluding hydrogens is 450 g/mol. The predicted octanol–water partition coefficient (Wildman–Crippen LogP) is 3.63. The average Bonchev–Trinajstić information content (AvgIpc) is 3.52. The van der Waals surface area contributed by atoms with Crippen LogP contribution in [0.15, 0.2) is 53.1 Å². The standard InChI is InChI=1S/C25H29N5O3S/c1-29-22(13-21(28-29)23-7-4-10-33-23)20-15-30-9-8-16(20)12-19(30)14-26-25(34)27-18-6-3-5-17(11-18)24(31)32-2/h3-7,10-11,13,16,19-20H,8-9,12,14-15H2,1-2H3,(H2,26,27,34)/t16-,19+,20-/m0/s1. The molecule has 3 aliphatic rings. The molecular formula is C25H29N5O3S. The molecule has 0 spiro atoms. The maximum atomic E-state index is 11.8. The van der Waals surface area contributed by atoms with Crippen molar-refractivity contribution < 1.29 is 13.9 Å². The number of fused-ring (bicyclic) bond motifs is 3. The van der Waals surface area contributed by atoms with Crippen molar-refractivity contribution in [2.75, 3.05) is 32.1 Å². The number of carbonyl (C=O) groups excluding carboxylic acids is 1. The van der Waals surface area contributed by atoms with Gasteiger partial charge in [0.15, 0.2) is 10.9 Å². The van der Waals surface area contributed by atoms with Crippen LogP contribution in [-0.2, 0) is 11.8 Å². The number of hydrogen-bond acceptors (Lipinski definition) is 6. The Labute approximate surface area is 204 Å². The molecule has 8 nitrogen and oxygen atoms in total. The molecule has 1 unspecified atom stereocenters. The first-order valence-electron chi connectivity index (χ1n) is 11.6. The maximum Gasteiger partial charge on any atom is 0.337 e. The van der Waals surface area contributed by atoms with Gasteiger partial charge in [-0.25, -0.2) is 4.79 Å². The van der Waals surface area contributed by atoms with Gasteiger partial charge in [-0.15, -0.1) is 0 Å². The van der Waals surface area contributed by atoms with E-state index in [1.165, 1.54) is 19.2 Å². The number of nitrogens with zero attached hydrogens (tertiary/aromatic N) is 3. The fourth-order valence-electron chi connectivity index (χ4n) is 5.29. The average molecular weight is 480 g/mol. The van der Waals surface area contributed by atoms with Gasteiger partial charge in [-0.2, -0.15) is 5.10 Å². The molecule has 3 aliphatic heterocycles. The second kappa shape index (κ2) is 9.60. The summed E-state index contributed by atoms with van der Waals surface area (Å²) in [5.74, 6) is 1.53. The summed E-state index contributed by atoms with van der Waals surface area (Å²) in [6.07, 6.45) is 4.01. The van der Waals surface area contributed by atoms with Crippen molar-refractivity contribution in [3.8, 4) is 11.5 Å². The van der Waals surface area contributed by atoms with Crippen molar-refractivity contribution in [1.29, 1.82) is 0 Å². The molecule has 9 heteroatoms. The summed E-state index contributed by atoms with van der Waals surface area (Å²) in [7, 11) is 3.40. The van der Waals surface area contributed by atoms with Crippen molar-refractivity contribution >= 4 is 29.0 Å². The van der Waals surface area contributed by atoms with Gasteiger partial charge in [0.1, 0.15) is 5.69 Å². The highest BCUT2D eigenvalue weighted by atomic mass is 32.1. The number of nitrogens with one attached hydrogen (secondary N) is 2. The van der Waals surface area contributed by atoms with E-state index in [0.29, 0.717) is 28.6 Å². The molecule has 0 aliphatic carbocycles. The molecule has 0 amide bonds. The van der Waals surface area contributed by atoms with E-state index in [9.17, 15) is 4.79 Å². The first kappa shape index (κ1) is 22.6. The number of anilines is 1. The number of benzene rings is 1. The zero-order chi connectivity index (χ0) is 23.7. The molecule has 0 radical (unpaired) electrons. The smallest absolute Gasteiger partial charge is 0.337 e. The van der Waals surface area contributed by atoms with Crippen molar-refractivity contribution in [2.24, 2.45) is 13.0 Å². The van der Waals surface area contributed by atoms with Crippen molar-refractivity contribution in [3.63, 3.8) is 0 Å². The fraction of sp³-hybridized carbons (Fsp3) is 0.400. The lowest BCUT2D eigenvalue weighted by molar-refractivity contribution is 0.0303. The van der Waals surface area contributed by atoms with E-state index in [-0.39, 0.29) is 5.97 Å². The quantitative estimate of drug-likeness (QED) is 0.410. The topological polar surface area (TPSA) is 84.6 Å². The van der Waals surface area contributed by atoms with E-state index in [1.807, 2.05) is 29.9 Å². The second-order valence-corrected chi connectivity index (χ2v) is 9.41. The normalized spacial score (nSPS) is 23.5. The monoisotopic (exact) mass is 479 g/mol. The van der Waals surface area contributed by atoms with Crippen LogP contribution in [0.25, 0.3) is 11.5 Å². The molecule has 6 rings (SSSR count). The summed E-state index contributed by atoms with van der Waals surface area (Å²) in [6.45, 7) is 2.92. The molecule has 3 fully saturated rings. The lowest BCUT2D eigenvalue weighted by Gasteiger charge is -2.50. The van der Waals surface area contributed by atoms with E-state index in [2.05, 4.69) is 21.6 Å². The number of rotatable bonds is 6. The number of methoxy groups -OCH3 is 1. The molecule has 178 valence electrons. The Morgan fingerprint density at radius 3 is 2.91 bits per heavy atom. The number of hydrogen-bond donors (Lipinski definition) is 2. The van der Waals surface area contributed by atoms with Crippen molar-refractivity contribution in [3.05, 3.63) is 60.0 Å². The van der Waals surface area contributed by atoms with Crippen LogP contribution in [0.3, 0.4) is 0 Å². The number of esters is 1. The summed E-state index contributed by atoms with van der Waals surface area (Å²) < 4.78 is 12.3. The third-order valence-corrected chi connectivity index (χ3v) is 7.23. The highest BCUT2D eigenvalue weighted by Gasteiger charge is 2.41. The van der Waals surface area contributed by atoms with Gasteiger partial charge in [0.05, 0.1) is 18.9 Å². The zero-order valence-electron chi connectivity index (χ0n) is 19.4. The number of thiocarbonyl (C=S) groups is 1. The number of ether oxygens (including phenoxy) is 1. The van der Waals surface area contributed by atoms with Crippen LogP contribution in [0.2, 0.25) is 0 Å². The van der Waals surface area contributed by atoms with Gasteiger partial charge in [0, 0.05) is 43.5 Å². The molecule has 2 bridgehead atoms. The van der Waals surface area contributed by atoms with Gasteiger partial charge >= 0.3 is 5.97 Å². The third kappa shape index (κ3) is 4.58. The van der Waals surface area contributed by atoms with Gasteiger partial charge in [0.25, 0.3) is 0 Å². The Morgan fingerprint density at radius 1 is 1.29 bits per heavy atom. The van der Waals surface area contributed by atoms with Crippen molar-refractivity contribution in [2.45, 2.75) is 24.8 Å². The first-order valence-corrected chi connectivity index (χ1v) is 12.0. The molecule has 3 saturated heterocycles. The number of piperidine rings is 3. The molecule has 2 N–H and O–H groups in total. The van der Waals surface area contributed by atoms with Crippen LogP contribution in [0.4, 0.5) is 5.69 Å². The first-order chi connectivity index (χ1) is 16.5. The predicted molar refractivity (Wildman–Crippen MR) is 134 cm³/mol. The van der Waals surface area contributed by atoms with Crippen LogP contribution < -0.4 is 10.6 Å². The Balaban J connectivity index is 1.18. The minimum Gasteiger partial charge on any atom is -0.465 e. The van der Waals surface area contributed by atoms with Crippen LogP contribution in [0, 0.1) is 5.92 Å². The van der Waals surface area contributed by atoms with E-state index in [0.717, 1.165) is 43.2 Å². The minimum absolute atomic E-state index is 0.368. The second-order valence-electron chi connectivity index (χ2n) is 9.00. The molecule has 1 aromatic carbocycles. The highest BCUT2D eigenvalue weighted by Crippen LogP contribution is 2.42. The Hall–Kier alpha value is -3.17. The molecule has 4 atom stereocenters.